The summed E-state index contributed by atoms with van der Waals surface area (Å²) < 4.78 is 62.8. The van der Waals surface area contributed by atoms with Crippen molar-refractivity contribution in [3.05, 3.63) is 93.4 Å². The van der Waals surface area contributed by atoms with E-state index in [4.69, 9.17) is 5.14 Å². The number of sulfonamides is 1. The zero-order valence-electron chi connectivity index (χ0n) is 17.4. The fraction of sp³-hybridized carbons (Fsp3) is 0.182. The number of carbonyl (C=O) groups is 1. The van der Waals surface area contributed by atoms with Crippen LogP contribution in [-0.2, 0) is 22.6 Å². The van der Waals surface area contributed by atoms with Crippen LogP contribution in [0.2, 0.25) is 0 Å². The largest absolute Gasteiger partial charge is 0.416 e. The second-order valence-corrected chi connectivity index (χ2v) is 8.83. The third kappa shape index (κ3) is 5.68. The maximum atomic E-state index is 13.1. The van der Waals surface area contributed by atoms with Gasteiger partial charge in [-0.3, -0.25) is 14.2 Å². The Labute approximate surface area is 187 Å². The third-order valence-electron chi connectivity index (χ3n) is 4.90. The quantitative estimate of drug-likeness (QED) is 0.566. The first-order chi connectivity index (χ1) is 15.4. The lowest BCUT2D eigenvalue weighted by Crippen LogP contribution is -2.34. The van der Waals surface area contributed by atoms with Gasteiger partial charge in [0.25, 0.3) is 11.5 Å². The van der Waals surface area contributed by atoms with Crippen LogP contribution in [0.5, 0.6) is 0 Å². The van der Waals surface area contributed by atoms with Gasteiger partial charge in [0.05, 0.1) is 10.5 Å². The number of aryl methyl sites for hydroxylation is 1. The van der Waals surface area contributed by atoms with E-state index < -0.39 is 33.2 Å². The molecule has 0 atom stereocenters. The number of nitrogens with one attached hydrogen (secondary N) is 1. The van der Waals surface area contributed by atoms with E-state index in [1.54, 1.807) is 19.1 Å². The van der Waals surface area contributed by atoms with Crippen LogP contribution in [-0.4, -0.2) is 25.4 Å². The molecule has 7 nitrogen and oxygen atoms in total. The summed E-state index contributed by atoms with van der Waals surface area (Å²) in [5.41, 5.74) is -0.780. The molecule has 2 aromatic carbocycles. The fourth-order valence-electron chi connectivity index (χ4n) is 3.21. The number of aromatic nitrogens is 1. The first-order valence-corrected chi connectivity index (χ1v) is 11.2. The molecule has 0 saturated carbocycles. The van der Waals surface area contributed by atoms with E-state index in [9.17, 15) is 31.2 Å². The molecule has 0 radical (unpaired) electrons. The van der Waals surface area contributed by atoms with E-state index in [1.165, 1.54) is 36.4 Å². The Bertz CT molecular complexity index is 1350. The second kappa shape index (κ2) is 9.20. The standard InChI is InChI=1S/C22H20F3N3O4S/c1-14-5-10-19(21(30)28(14)17-4-2-3-16(13-17)22(23,24)25)20(29)27-12-11-15-6-8-18(9-7-15)33(26,31)32/h2-10,13H,11-12H2,1H3,(H,27,29)(H2,26,31,32). The lowest BCUT2D eigenvalue weighted by atomic mass is 10.1. The highest BCUT2D eigenvalue weighted by Crippen LogP contribution is 2.30. The van der Waals surface area contributed by atoms with E-state index in [-0.39, 0.29) is 22.7 Å². The van der Waals surface area contributed by atoms with Crippen molar-refractivity contribution in [1.82, 2.24) is 9.88 Å². The highest BCUT2D eigenvalue weighted by Gasteiger charge is 2.30. The van der Waals surface area contributed by atoms with Crippen LogP contribution in [0.4, 0.5) is 13.2 Å². The summed E-state index contributed by atoms with van der Waals surface area (Å²) in [6, 6.07) is 12.9. The van der Waals surface area contributed by atoms with E-state index in [0.717, 1.165) is 22.3 Å². The molecule has 0 spiro atoms. The molecule has 3 rings (SSSR count). The molecule has 0 saturated heterocycles. The van der Waals surface area contributed by atoms with Gasteiger partial charge in [-0.15, -0.1) is 0 Å². The zero-order valence-corrected chi connectivity index (χ0v) is 18.2. The summed E-state index contributed by atoms with van der Waals surface area (Å²) in [5.74, 6) is -0.679. The number of amides is 1. The summed E-state index contributed by atoms with van der Waals surface area (Å²) in [7, 11) is -3.81. The zero-order chi connectivity index (χ0) is 24.4. The number of nitrogens with zero attached hydrogens (tertiary/aromatic N) is 1. The molecule has 0 fully saturated rings. The molecular weight excluding hydrogens is 459 g/mol. The van der Waals surface area contributed by atoms with Crippen LogP contribution in [0.3, 0.4) is 0 Å². The number of pyridine rings is 1. The molecule has 0 aliphatic heterocycles. The van der Waals surface area contributed by atoms with Gasteiger partial charge in [0, 0.05) is 17.9 Å². The number of nitrogens with two attached hydrogens (primary N) is 1. The predicted molar refractivity (Wildman–Crippen MR) is 116 cm³/mol. The topological polar surface area (TPSA) is 111 Å². The number of alkyl halides is 3. The number of hydrogen-bond acceptors (Lipinski definition) is 4. The van der Waals surface area contributed by atoms with Gasteiger partial charge < -0.3 is 5.32 Å². The van der Waals surface area contributed by atoms with E-state index in [0.29, 0.717) is 12.1 Å². The molecule has 1 heterocycles. The number of halogens is 3. The van der Waals surface area contributed by atoms with Crippen molar-refractivity contribution in [2.24, 2.45) is 5.14 Å². The van der Waals surface area contributed by atoms with Crippen LogP contribution in [0, 0.1) is 6.92 Å². The molecule has 3 N–H and O–H groups in total. The van der Waals surface area contributed by atoms with Crippen LogP contribution < -0.4 is 16.0 Å². The fourth-order valence-corrected chi connectivity index (χ4v) is 3.72. The smallest absolute Gasteiger partial charge is 0.352 e. The van der Waals surface area contributed by atoms with Gasteiger partial charge in [-0.1, -0.05) is 18.2 Å². The highest BCUT2D eigenvalue weighted by atomic mass is 32.2. The summed E-state index contributed by atoms with van der Waals surface area (Å²) in [6.45, 7) is 1.69. The minimum atomic E-state index is -4.57. The Balaban J connectivity index is 1.78. The van der Waals surface area contributed by atoms with Crippen LogP contribution in [0.25, 0.3) is 5.69 Å². The Kier molecular flexibility index (Phi) is 6.75. The minimum absolute atomic E-state index is 0.00285. The number of benzene rings is 2. The van der Waals surface area contributed by atoms with Crippen LogP contribution in [0.1, 0.15) is 27.2 Å². The molecule has 1 aromatic heterocycles. The van der Waals surface area contributed by atoms with Gasteiger partial charge in [0.1, 0.15) is 5.56 Å². The number of carbonyl (C=O) groups excluding carboxylic acids is 1. The van der Waals surface area contributed by atoms with Crippen molar-refractivity contribution in [2.45, 2.75) is 24.4 Å². The van der Waals surface area contributed by atoms with Crippen molar-refractivity contribution in [3.63, 3.8) is 0 Å². The summed E-state index contributed by atoms with van der Waals surface area (Å²) >= 11 is 0. The molecular formula is C22H20F3N3O4S. The van der Waals surface area contributed by atoms with Crippen molar-refractivity contribution in [1.29, 1.82) is 0 Å². The highest BCUT2D eigenvalue weighted by molar-refractivity contribution is 7.89. The Morgan fingerprint density at radius 3 is 2.33 bits per heavy atom. The summed E-state index contributed by atoms with van der Waals surface area (Å²) in [4.78, 5) is 25.4. The molecule has 0 aliphatic rings. The number of rotatable bonds is 6. The molecule has 0 aliphatic carbocycles. The van der Waals surface area contributed by atoms with Gasteiger partial charge in [-0.25, -0.2) is 13.6 Å². The SMILES string of the molecule is Cc1ccc(C(=O)NCCc2ccc(S(N)(=O)=O)cc2)c(=O)n1-c1cccc(C(F)(F)F)c1. The average molecular weight is 479 g/mol. The summed E-state index contributed by atoms with van der Waals surface area (Å²) in [6.07, 6.45) is -4.22. The maximum Gasteiger partial charge on any atom is 0.416 e. The summed E-state index contributed by atoms with van der Waals surface area (Å²) in [5, 5.41) is 7.64. The van der Waals surface area contributed by atoms with E-state index in [2.05, 4.69) is 5.32 Å². The molecule has 3 aromatic rings. The first kappa shape index (κ1) is 24.2. The maximum absolute atomic E-state index is 13.1. The van der Waals surface area contributed by atoms with Crippen molar-refractivity contribution < 1.29 is 26.4 Å². The van der Waals surface area contributed by atoms with Crippen molar-refractivity contribution in [3.8, 4) is 5.69 Å². The lowest BCUT2D eigenvalue weighted by molar-refractivity contribution is -0.137. The van der Waals surface area contributed by atoms with Crippen molar-refractivity contribution >= 4 is 15.9 Å². The third-order valence-corrected chi connectivity index (χ3v) is 5.83. The monoisotopic (exact) mass is 479 g/mol. The minimum Gasteiger partial charge on any atom is -0.352 e. The average Bonchev–Trinajstić information content (AvgIpc) is 2.73. The predicted octanol–water partition coefficient (Wildman–Crippen LogP) is 2.78. The molecule has 0 bridgehead atoms. The first-order valence-electron chi connectivity index (χ1n) is 9.68. The van der Waals surface area contributed by atoms with Crippen LogP contribution in [0.15, 0.2) is 70.4 Å². The van der Waals surface area contributed by atoms with Crippen molar-refractivity contribution in [2.75, 3.05) is 6.54 Å². The number of hydrogen-bond donors (Lipinski definition) is 2. The molecule has 33 heavy (non-hydrogen) atoms. The van der Waals surface area contributed by atoms with Gasteiger partial charge in [0.2, 0.25) is 10.0 Å². The molecule has 0 unspecified atom stereocenters. The molecule has 174 valence electrons. The molecule has 1 amide bonds. The lowest BCUT2D eigenvalue weighted by Gasteiger charge is -2.14. The van der Waals surface area contributed by atoms with Gasteiger partial charge in [-0.2, -0.15) is 13.2 Å². The second-order valence-electron chi connectivity index (χ2n) is 7.27. The molecule has 11 heteroatoms. The Morgan fingerprint density at radius 2 is 1.73 bits per heavy atom. The normalized spacial score (nSPS) is 11.9. The van der Waals surface area contributed by atoms with Gasteiger partial charge in [-0.05, 0) is 61.4 Å². The van der Waals surface area contributed by atoms with Gasteiger partial charge >= 0.3 is 6.18 Å². The van der Waals surface area contributed by atoms with Crippen LogP contribution >= 0.6 is 0 Å². The Hall–Kier alpha value is -3.44. The van der Waals surface area contributed by atoms with E-state index in [1.807, 2.05) is 0 Å². The van der Waals surface area contributed by atoms with Gasteiger partial charge in [0.15, 0.2) is 0 Å². The number of primary sulfonamides is 1. The Morgan fingerprint density at radius 1 is 1.06 bits per heavy atom. The van der Waals surface area contributed by atoms with E-state index >= 15 is 0 Å².